The van der Waals surface area contributed by atoms with Gasteiger partial charge in [0.2, 0.25) is 0 Å². The second-order valence-electron chi connectivity index (χ2n) is 5.35. The zero-order valence-electron chi connectivity index (χ0n) is 13.0. The fraction of sp³-hybridized carbons (Fsp3) is 0.467. The monoisotopic (exact) mass is 346 g/mol. The first kappa shape index (κ1) is 18.1. The van der Waals surface area contributed by atoms with Crippen LogP contribution in [0, 0.1) is 5.92 Å². The van der Waals surface area contributed by atoms with Crippen LogP contribution in [0.3, 0.4) is 0 Å². The standard InChI is InChI=1S/C15H17F3N2O4/c1-3-24-12(21)10-11(9-7-5-4-6-8-9)19-13(22)20(2)14(10,23)15(16,17)18/h4-8,10-11,23H,3H2,1-2H3,(H,19,22). The zero-order chi connectivity index (χ0) is 18.1. The molecule has 2 rings (SSSR count). The molecule has 1 aromatic rings. The molecule has 1 fully saturated rings. The summed E-state index contributed by atoms with van der Waals surface area (Å²) < 4.78 is 45.6. The number of rotatable bonds is 3. The first-order valence-electron chi connectivity index (χ1n) is 7.19. The number of carbonyl (C=O) groups excluding carboxylic acids is 2. The average molecular weight is 346 g/mol. The molecule has 3 unspecified atom stereocenters. The summed E-state index contributed by atoms with van der Waals surface area (Å²) in [6.07, 6.45) is -5.26. The number of esters is 1. The fourth-order valence-electron chi connectivity index (χ4n) is 2.74. The minimum atomic E-state index is -5.26. The average Bonchev–Trinajstić information content (AvgIpc) is 2.52. The van der Waals surface area contributed by atoms with Crippen LogP contribution in [-0.2, 0) is 9.53 Å². The summed E-state index contributed by atoms with van der Waals surface area (Å²) in [7, 11) is 0.774. The second kappa shape index (κ2) is 6.31. The van der Waals surface area contributed by atoms with Gasteiger partial charge in [0.1, 0.15) is 5.92 Å². The Morgan fingerprint density at radius 2 is 1.96 bits per heavy atom. The van der Waals surface area contributed by atoms with Crippen LogP contribution in [0.25, 0.3) is 0 Å². The molecule has 0 bridgehead atoms. The van der Waals surface area contributed by atoms with Gasteiger partial charge in [-0.15, -0.1) is 0 Å². The molecule has 132 valence electrons. The van der Waals surface area contributed by atoms with E-state index in [0.717, 1.165) is 7.05 Å². The van der Waals surface area contributed by atoms with Gasteiger partial charge in [-0.05, 0) is 12.5 Å². The van der Waals surface area contributed by atoms with Crippen LogP contribution in [0.5, 0.6) is 0 Å². The smallest absolute Gasteiger partial charge is 0.437 e. The van der Waals surface area contributed by atoms with E-state index in [-0.39, 0.29) is 17.1 Å². The van der Waals surface area contributed by atoms with Crippen LogP contribution < -0.4 is 5.32 Å². The molecule has 2 amide bonds. The van der Waals surface area contributed by atoms with E-state index in [1.54, 1.807) is 18.2 Å². The van der Waals surface area contributed by atoms with Crippen molar-refractivity contribution in [2.75, 3.05) is 13.7 Å². The Labute approximate surface area is 136 Å². The van der Waals surface area contributed by atoms with Gasteiger partial charge in [-0.1, -0.05) is 30.3 Å². The molecule has 0 spiro atoms. The maximum Gasteiger partial charge on any atom is 0.437 e. The van der Waals surface area contributed by atoms with Gasteiger partial charge < -0.3 is 15.2 Å². The summed E-state index contributed by atoms with van der Waals surface area (Å²) in [6, 6.07) is 5.11. The third-order valence-corrected chi connectivity index (χ3v) is 3.98. The van der Waals surface area contributed by atoms with Crippen molar-refractivity contribution in [1.82, 2.24) is 10.2 Å². The van der Waals surface area contributed by atoms with Crippen molar-refractivity contribution in [1.29, 1.82) is 0 Å². The van der Waals surface area contributed by atoms with Crippen LogP contribution in [-0.4, -0.2) is 47.6 Å². The van der Waals surface area contributed by atoms with Gasteiger partial charge >= 0.3 is 18.2 Å². The highest BCUT2D eigenvalue weighted by molar-refractivity contribution is 5.83. The van der Waals surface area contributed by atoms with E-state index in [1.807, 2.05) is 0 Å². The van der Waals surface area contributed by atoms with Gasteiger partial charge in [-0.25, -0.2) is 4.79 Å². The van der Waals surface area contributed by atoms with Crippen molar-refractivity contribution < 1.29 is 32.6 Å². The first-order valence-corrected chi connectivity index (χ1v) is 7.19. The number of alkyl halides is 3. The first-order chi connectivity index (χ1) is 11.1. The van der Waals surface area contributed by atoms with Crippen LogP contribution in [0.2, 0.25) is 0 Å². The van der Waals surface area contributed by atoms with E-state index in [2.05, 4.69) is 5.32 Å². The Morgan fingerprint density at radius 3 is 2.46 bits per heavy atom. The van der Waals surface area contributed by atoms with E-state index in [1.165, 1.54) is 19.1 Å². The largest absolute Gasteiger partial charge is 0.466 e. The minimum Gasteiger partial charge on any atom is -0.466 e. The Kier molecular flexibility index (Phi) is 4.75. The molecule has 6 nitrogen and oxygen atoms in total. The molecular weight excluding hydrogens is 329 g/mol. The number of halogens is 3. The number of ether oxygens (including phenoxy) is 1. The zero-order valence-corrected chi connectivity index (χ0v) is 13.0. The van der Waals surface area contributed by atoms with E-state index < -0.39 is 35.9 Å². The lowest BCUT2D eigenvalue weighted by atomic mass is 9.81. The van der Waals surface area contributed by atoms with E-state index in [9.17, 15) is 27.9 Å². The molecule has 1 aliphatic heterocycles. The molecule has 0 radical (unpaired) electrons. The maximum atomic E-state index is 13.6. The predicted molar refractivity (Wildman–Crippen MR) is 76.6 cm³/mol. The third kappa shape index (κ3) is 2.79. The van der Waals surface area contributed by atoms with Gasteiger partial charge in [0.15, 0.2) is 0 Å². The topological polar surface area (TPSA) is 78.9 Å². The summed E-state index contributed by atoms with van der Waals surface area (Å²) >= 11 is 0. The summed E-state index contributed by atoms with van der Waals surface area (Å²) in [5, 5.41) is 12.7. The minimum absolute atomic E-state index is 0.0774. The number of amides is 2. The number of nitrogens with zero attached hydrogens (tertiary/aromatic N) is 1. The quantitative estimate of drug-likeness (QED) is 0.819. The second-order valence-corrected chi connectivity index (χ2v) is 5.35. The van der Waals surface area contributed by atoms with Crippen molar-refractivity contribution in [2.24, 2.45) is 5.92 Å². The molecule has 24 heavy (non-hydrogen) atoms. The van der Waals surface area contributed by atoms with Crippen LogP contribution in [0.4, 0.5) is 18.0 Å². The summed E-state index contributed by atoms with van der Waals surface area (Å²) in [6.45, 7) is 1.27. The Bertz CT molecular complexity index is 623. The number of nitrogens with one attached hydrogen (secondary N) is 1. The van der Waals surface area contributed by atoms with Gasteiger partial charge in [0.25, 0.3) is 5.72 Å². The van der Waals surface area contributed by atoms with E-state index in [0.29, 0.717) is 0 Å². The molecule has 2 N–H and O–H groups in total. The van der Waals surface area contributed by atoms with E-state index >= 15 is 0 Å². The van der Waals surface area contributed by atoms with Crippen molar-refractivity contribution >= 4 is 12.0 Å². The van der Waals surface area contributed by atoms with Crippen LogP contribution >= 0.6 is 0 Å². The molecule has 1 saturated heterocycles. The number of hydrogen-bond acceptors (Lipinski definition) is 4. The number of hydrogen-bond donors (Lipinski definition) is 2. The normalized spacial score (nSPS) is 27.6. The summed E-state index contributed by atoms with van der Waals surface area (Å²) in [4.78, 5) is 24.3. The molecule has 0 aliphatic carbocycles. The van der Waals surface area contributed by atoms with Crippen molar-refractivity contribution in [3.8, 4) is 0 Å². The maximum absolute atomic E-state index is 13.6. The lowest BCUT2D eigenvalue weighted by molar-refractivity contribution is -0.328. The number of benzene rings is 1. The number of urea groups is 1. The summed E-state index contributed by atoms with van der Waals surface area (Å²) in [5.41, 5.74) is -3.44. The number of carbonyl (C=O) groups is 2. The lowest BCUT2D eigenvalue weighted by Crippen LogP contribution is -2.73. The fourth-order valence-corrected chi connectivity index (χ4v) is 2.74. The van der Waals surface area contributed by atoms with Gasteiger partial charge in [-0.2, -0.15) is 13.2 Å². The predicted octanol–water partition coefficient (Wildman–Crippen LogP) is 1.81. The van der Waals surface area contributed by atoms with Crippen molar-refractivity contribution in [3.05, 3.63) is 35.9 Å². The Balaban J connectivity index is 2.61. The molecular formula is C15H17F3N2O4. The number of aliphatic hydroxyl groups is 1. The van der Waals surface area contributed by atoms with Crippen molar-refractivity contribution in [2.45, 2.75) is 24.9 Å². The summed E-state index contributed by atoms with van der Waals surface area (Å²) in [5.74, 6) is -3.33. The highest BCUT2D eigenvalue weighted by Gasteiger charge is 2.69. The molecule has 0 aromatic heterocycles. The van der Waals surface area contributed by atoms with E-state index in [4.69, 9.17) is 4.74 Å². The Morgan fingerprint density at radius 1 is 1.38 bits per heavy atom. The molecule has 1 aliphatic rings. The third-order valence-electron chi connectivity index (χ3n) is 3.98. The van der Waals surface area contributed by atoms with Crippen LogP contribution in [0.15, 0.2) is 30.3 Å². The molecule has 3 atom stereocenters. The SMILES string of the molecule is CCOC(=O)C1C(c2ccccc2)NC(=O)N(C)C1(O)C(F)(F)F. The highest BCUT2D eigenvalue weighted by atomic mass is 19.4. The Hall–Kier alpha value is -2.29. The molecule has 0 saturated carbocycles. The lowest BCUT2D eigenvalue weighted by Gasteiger charge is -2.49. The highest BCUT2D eigenvalue weighted by Crippen LogP contribution is 2.46. The molecule has 1 heterocycles. The van der Waals surface area contributed by atoms with Crippen molar-refractivity contribution in [3.63, 3.8) is 0 Å². The van der Waals surface area contributed by atoms with Gasteiger partial charge in [-0.3, -0.25) is 9.69 Å². The van der Waals surface area contributed by atoms with Gasteiger partial charge in [0, 0.05) is 7.05 Å². The molecule has 1 aromatic carbocycles. The van der Waals surface area contributed by atoms with Crippen LogP contribution in [0.1, 0.15) is 18.5 Å². The van der Waals surface area contributed by atoms with Gasteiger partial charge in [0.05, 0.1) is 12.6 Å². The molecule has 9 heteroatoms.